The second-order valence-electron chi connectivity index (χ2n) is 8.61. The summed E-state index contributed by atoms with van der Waals surface area (Å²) in [7, 11) is 0. The molecule has 194 valence electrons. The summed E-state index contributed by atoms with van der Waals surface area (Å²) in [5.74, 6) is -0.477. The van der Waals surface area contributed by atoms with Gasteiger partial charge in [-0.05, 0) is 61.1 Å². The lowest BCUT2D eigenvalue weighted by molar-refractivity contribution is -0.151. The fraction of sp³-hybridized carbons (Fsp3) is 0.300. The molecule has 0 spiro atoms. The van der Waals surface area contributed by atoms with Crippen molar-refractivity contribution in [2.24, 2.45) is 0 Å². The third-order valence-electron chi connectivity index (χ3n) is 5.70. The van der Waals surface area contributed by atoms with E-state index in [1.165, 1.54) is 6.42 Å². The molecule has 0 atom stereocenters. The van der Waals surface area contributed by atoms with Crippen molar-refractivity contribution >= 4 is 30.1 Å². The SMILES string of the molecule is C=CC(=O)Oc1ccc(/C=C/c2ccc(OCCOC(=O)C(=C)CC(=O)OC3CCCCC3)cc2)cc1. The van der Waals surface area contributed by atoms with Gasteiger partial charge in [0.2, 0.25) is 0 Å². The fourth-order valence-corrected chi connectivity index (χ4v) is 3.73. The van der Waals surface area contributed by atoms with Crippen LogP contribution >= 0.6 is 0 Å². The van der Waals surface area contributed by atoms with Gasteiger partial charge in [0.25, 0.3) is 0 Å². The first-order chi connectivity index (χ1) is 17.9. The zero-order chi connectivity index (χ0) is 26.5. The molecule has 3 rings (SSSR count). The smallest absolute Gasteiger partial charge is 0.335 e. The summed E-state index contributed by atoms with van der Waals surface area (Å²) in [4.78, 5) is 35.3. The molecule has 0 saturated heterocycles. The summed E-state index contributed by atoms with van der Waals surface area (Å²) >= 11 is 0. The lowest BCUT2D eigenvalue weighted by Gasteiger charge is -2.21. The lowest BCUT2D eigenvalue weighted by atomic mass is 9.98. The van der Waals surface area contributed by atoms with Gasteiger partial charge in [0.1, 0.15) is 30.8 Å². The molecule has 0 aliphatic heterocycles. The molecule has 1 saturated carbocycles. The second-order valence-corrected chi connectivity index (χ2v) is 8.61. The average Bonchev–Trinajstić information content (AvgIpc) is 2.91. The predicted molar refractivity (Wildman–Crippen MR) is 141 cm³/mol. The van der Waals surface area contributed by atoms with E-state index >= 15 is 0 Å². The molecular formula is C30H32O7. The Morgan fingerprint density at radius 3 is 2.03 bits per heavy atom. The van der Waals surface area contributed by atoms with Crippen molar-refractivity contribution < 1.29 is 33.3 Å². The van der Waals surface area contributed by atoms with Gasteiger partial charge in [0.15, 0.2) is 0 Å². The van der Waals surface area contributed by atoms with Crippen LogP contribution in [0.5, 0.6) is 11.5 Å². The summed E-state index contributed by atoms with van der Waals surface area (Å²) in [6.07, 6.45) is 9.82. The van der Waals surface area contributed by atoms with Crippen LogP contribution in [-0.4, -0.2) is 37.2 Å². The monoisotopic (exact) mass is 504 g/mol. The third-order valence-corrected chi connectivity index (χ3v) is 5.70. The molecule has 0 heterocycles. The first-order valence-electron chi connectivity index (χ1n) is 12.3. The van der Waals surface area contributed by atoms with E-state index in [0.717, 1.165) is 42.9 Å². The lowest BCUT2D eigenvalue weighted by Crippen LogP contribution is -2.22. The summed E-state index contributed by atoms with van der Waals surface area (Å²) in [5, 5.41) is 0. The molecule has 2 aromatic carbocycles. The van der Waals surface area contributed by atoms with Gasteiger partial charge in [-0.1, -0.05) is 56.0 Å². The number of carbonyl (C=O) groups is 3. The molecule has 0 N–H and O–H groups in total. The molecule has 37 heavy (non-hydrogen) atoms. The average molecular weight is 505 g/mol. The van der Waals surface area contributed by atoms with Crippen LogP contribution in [0.2, 0.25) is 0 Å². The Hall–Kier alpha value is -4.13. The molecule has 0 amide bonds. The maximum atomic E-state index is 12.1. The van der Waals surface area contributed by atoms with E-state index in [9.17, 15) is 14.4 Å². The zero-order valence-electron chi connectivity index (χ0n) is 20.9. The van der Waals surface area contributed by atoms with E-state index in [-0.39, 0.29) is 31.3 Å². The summed E-state index contributed by atoms with van der Waals surface area (Å²) in [5.41, 5.74) is 1.99. The quantitative estimate of drug-likeness (QED) is 0.121. The molecule has 0 aromatic heterocycles. The minimum Gasteiger partial charge on any atom is -0.490 e. The van der Waals surface area contributed by atoms with E-state index in [2.05, 4.69) is 13.2 Å². The summed E-state index contributed by atoms with van der Waals surface area (Å²) in [6.45, 7) is 7.22. The van der Waals surface area contributed by atoms with Gasteiger partial charge in [0.05, 0.1) is 6.42 Å². The molecule has 7 nitrogen and oxygen atoms in total. The van der Waals surface area contributed by atoms with Gasteiger partial charge < -0.3 is 18.9 Å². The first kappa shape index (κ1) is 27.5. The maximum Gasteiger partial charge on any atom is 0.335 e. The van der Waals surface area contributed by atoms with Crippen molar-refractivity contribution in [1.82, 2.24) is 0 Å². The Bertz CT molecular complexity index is 1110. The van der Waals surface area contributed by atoms with Gasteiger partial charge in [-0.2, -0.15) is 0 Å². The molecule has 0 unspecified atom stereocenters. The van der Waals surface area contributed by atoms with Crippen LogP contribution in [0.15, 0.2) is 73.3 Å². The van der Waals surface area contributed by atoms with Crippen LogP contribution in [0, 0.1) is 0 Å². The van der Waals surface area contributed by atoms with Crippen LogP contribution in [0.3, 0.4) is 0 Å². The Kier molecular flexibility index (Phi) is 10.7. The third kappa shape index (κ3) is 9.80. The minimum atomic E-state index is -0.628. The Labute approximate surface area is 217 Å². The highest BCUT2D eigenvalue weighted by Gasteiger charge is 2.20. The fourth-order valence-electron chi connectivity index (χ4n) is 3.73. The maximum absolute atomic E-state index is 12.1. The number of ether oxygens (including phenoxy) is 4. The summed E-state index contributed by atoms with van der Waals surface area (Å²) < 4.78 is 21.2. The molecule has 1 aliphatic rings. The van der Waals surface area contributed by atoms with Gasteiger partial charge in [-0.3, -0.25) is 4.79 Å². The number of rotatable bonds is 12. The van der Waals surface area contributed by atoms with Crippen LogP contribution in [0.4, 0.5) is 0 Å². The second kappa shape index (κ2) is 14.4. The van der Waals surface area contributed by atoms with Crippen LogP contribution in [-0.2, 0) is 23.9 Å². The Morgan fingerprint density at radius 2 is 1.43 bits per heavy atom. The minimum absolute atomic E-state index is 0.0370. The van der Waals surface area contributed by atoms with Crippen molar-refractivity contribution in [3.8, 4) is 11.5 Å². The van der Waals surface area contributed by atoms with Crippen LogP contribution in [0.25, 0.3) is 12.2 Å². The first-order valence-corrected chi connectivity index (χ1v) is 12.3. The molecular weight excluding hydrogens is 472 g/mol. The predicted octanol–water partition coefficient (Wildman–Crippen LogP) is 5.69. The largest absolute Gasteiger partial charge is 0.490 e. The normalized spacial score (nSPS) is 13.5. The molecule has 1 fully saturated rings. The van der Waals surface area contributed by atoms with Gasteiger partial charge in [-0.25, -0.2) is 9.59 Å². The van der Waals surface area contributed by atoms with Crippen molar-refractivity contribution in [2.45, 2.75) is 44.6 Å². The van der Waals surface area contributed by atoms with E-state index in [1.807, 2.05) is 48.6 Å². The summed E-state index contributed by atoms with van der Waals surface area (Å²) in [6, 6.07) is 14.5. The Morgan fingerprint density at radius 1 is 0.838 bits per heavy atom. The molecule has 2 aromatic rings. The molecule has 0 bridgehead atoms. The van der Waals surface area contributed by atoms with Gasteiger partial charge >= 0.3 is 17.9 Å². The number of esters is 3. The van der Waals surface area contributed by atoms with E-state index in [1.54, 1.807) is 12.1 Å². The van der Waals surface area contributed by atoms with Crippen molar-refractivity contribution in [3.05, 3.63) is 84.5 Å². The van der Waals surface area contributed by atoms with Crippen molar-refractivity contribution in [2.75, 3.05) is 13.2 Å². The Balaban J connectivity index is 1.34. The topological polar surface area (TPSA) is 88.1 Å². The highest BCUT2D eigenvalue weighted by Crippen LogP contribution is 2.21. The standard InChI is InChI=1S/C30H32O7/c1-3-28(31)36-27-17-13-24(14-18-27)10-9-23-11-15-25(16-12-23)34-19-20-35-30(33)22(2)21-29(32)37-26-7-5-4-6-8-26/h3,9-18,26H,1-2,4-8,19-21H2/b10-9+. The molecule has 0 radical (unpaired) electrons. The van der Waals surface area contributed by atoms with Crippen molar-refractivity contribution in [1.29, 1.82) is 0 Å². The number of hydrogen-bond acceptors (Lipinski definition) is 7. The number of hydrogen-bond donors (Lipinski definition) is 0. The van der Waals surface area contributed by atoms with Crippen LogP contribution in [0.1, 0.15) is 49.7 Å². The van der Waals surface area contributed by atoms with E-state index < -0.39 is 17.9 Å². The van der Waals surface area contributed by atoms with Gasteiger partial charge in [-0.15, -0.1) is 0 Å². The van der Waals surface area contributed by atoms with Crippen molar-refractivity contribution in [3.63, 3.8) is 0 Å². The van der Waals surface area contributed by atoms with E-state index in [4.69, 9.17) is 18.9 Å². The highest BCUT2D eigenvalue weighted by atomic mass is 16.6. The highest BCUT2D eigenvalue weighted by molar-refractivity contribution is 5.93. The molecule has 7 heteroatoms. The van der Waals surface area contributed by atoms with E-state index in [0.29, 0.717) is 11.5 Å². The zero-order valence-corrected chi connectivity index (χ0v) is 20.9. The van der Waals surface area contributed by atoms with Crippen LogP contribution < -0.4 is 9.47 Å². The van der Waals surface area contributed by atoms with Gasteiger partial charge in [0, 0.05) is 11.6 Å². The number of carbonyl (C=O) groups excluding carboxylic acids is 3. The number of benzene rings is 2. The molecule has 1 aliphatic carbocycles.